The fourth-order valence-electron chi connectivity index (χ4n) is 3.29. The van der Waals surface area contributed by atoms with Gasteiger partial charge in [-0.05, 0) is 32.2 Å². The zero-order chi connectivity index (χ0) is 13.9. The second-order valence-corrected chi connectivity index (χ2v) is 7.97. The van der Waals surface area contributed by atoms with Gasteiger partial charge in [-0.25, -0.2) is 8.42 Å². The monoisotopic (exact) mass is 285 g/mol. The van der Waals surface area contributed by atoms with E-state index in [9.17, 15) is 13.7 Å². The molecule has 5 nitrogen and oxygen atoms in total. The maximum Gasteiger partial charge on any atom is 0.152 e. The fraction of sp³-hybridized carbons (Fsp3) is 0.923. The highest BCUT2D eigenvalue weighted by Gasteiger charge is 2.39. The van der Waals surface area contributed by atoms with Crippen molar-refractivity contribution >= 4 is 9.84 Å². The van der Waals surface area contributed by atoms with E-state index >= 15 is 0 Å². The molecule has 0 spiro atoms. The van der Waals surface area contributed by atoms with E-state index in [1.807, 2.05) is 6.92 Å². The predicted molar refractivity (Wildman–Crippen MR) is 74.5 cm³/mol. The summed E-state index contributed by atoms with van der Waals surface area (Å²) in [5, 5.41) is 12.8. The summed E-state index contributed by atoms with van der Waals surface area (Å²) in [5.41, 5.74) is -0.409. The Morgan fingerprint density at radius 2 is 2.11 bits per heavy atom. The molecular formula is C13H23N3O2S. The van der Waals surface area contributed by atoms with E-state index in [0.29, 0.717) is 19.1 Å². The van der Waals surface area contributed by atoms with Crippen LogP contribution in [0, 0.1) is 11.3 Å². The highest BCUT2D eigenvalue weighted by atomic mass is 32.2. The third-order valence-corrected chi connectivity index (χ3v) is 5.96. The van der Waals surface area contributed by atoms with E-state index in [4.69, 9.17) is 0 Å². The number of hydrogen-bond donors (Lipinski definition) is 1. The van der Waals surface area contributed by atoms with Crippen LogP contribution in [0.15, 0.2) is 0 Å². The van der Waals surface area contributed by atoms with Crippen molar-refractivity contribution < 1.29 is 8.42 Å². The van der Waals surface area contributed by atoms with Gasteiger partial charge in [0.15, 0.2) is 9.84 Å². The molecule has 1 heterocycles. The Morgan fingerprint density at radius 3 is 2.68 bits per heavy atom. The molecule has 2 atom stereocenters. The summed E-state index contributed by atoms with van der Waals surface area (Å²) in [4.78, 5) is 2.27. The Morgan fingerprint density at radius 1 is 1.42 bits per heavy atom. The molecule has 1 saturated carbocycles. The standard InChI is InChI=1S/C13H23N3O2S/c1-2-15-13(11-14)5-3-4-12(10-13)16-6-8-19(17,18)9-7-16/h12,15H,2-10H2,1H3. The zero-order valence-electron chi connectivity index (χ0n) is 11.6. The zero-order valence-corrected chi connectivity index (χ0v) is 12.4. The molecule has 1 saturated heterocycles. The van der Waals surface area contributed by atoms with Crippen molar-refractivity contribution in [3.63, 3.8) is 0 Å². The molecule has 0 aromatic rings. The lowest BCUT2D eigenvalue weighted by molar-refractivity contribution is 0.129. The molecule has 1 aliphatic carbocycles. The molecule has 1 N–H and O–H groups in total. The summed E-state index contributed by atoms with van der Waals surface area (Å²) in [5.74, 6) is 0.536. The summed E-state index contributed by atoms with van der Waals surface area (Å²) >= 11 is 0. The largest absolute Gasteiger partial charge is 0.300 e. The van der Waals surface area contributed by atoms with Crippen LogP contribution >= 0.6 is 0 Å². The first-order chi connectivity index (χ1) is 9.00. The molecule has 2 aliphatic rings. The van der Waals surface area contributed by atoms with Crippen LogP contribution in [0.1, 0.15) is 32.6 Å². The number of sulfone groups is 1. The Labute approximate surface area is 115 Å². The van der Waals surface area contributed by atoms with E-state index < -0.39 is 15.4 Å². The number of rotatable bonds is 3. The summed E-state index contributed by atoms with van der Waals surface area (Å²) in [7, 11) is -2.82. The van der Waals surface area contributed by atoms with Crippen molar-refractivity contribution in [3.8, 4) is 6.07 Å². The Bertz CT molecular complexity index is 439. The van der Waals surface area contributed by atoms with Crippen LogP contribution in [0.2, 0.25) is 0 Å². The summed E-state index contributed by atoms with van der Waals surface area (Å²) in [6.45, 7) is 4.08. The van der Waals surface area contributed by atoms with Crippen molar-refractivity contribution in [1.29, 1.82) is 5.26 Å². The molecule has 2 rings (SSSR count). The minimum atomic E-state index is -2.82. The highest BCUT2D eigenvalue weighted by molar-refractivity contribution is 7.91. The van der Waals surface area contributed by atoms with Crippen LogP contribution in [0.25, 0.3) is 0 Å². The lowest BCUT2D eigenvalue weighted by Gasteiger charge is -2.42. The third kappa shape index (κ3) is 3.47. The molecular weight excluding hydrogens is 262 g/mol. The molecule has 19 heavy (non-hydrogen) atoms. The molecule has 0 bridgehead atoms. The molecule has 0 aromatic heterocycles. The maximum absolute atomic E-state index is 11.5. The van der Waals surface area contributed by atoms with Crippen LogP contribution in [0.5, 0.6) is 0 Å². The van der Waals surface area contributed by atoms with Gasteiger partial charge < -0.3 is 0 Å². The topological polar surface area (TPSA) is 73.2 Å². The molecule has 1 aliphatic heterocycles. The minimum Gasteiger partial charge on any atom is -0.300 e. The van der Waals surface area contributed by atoms with Crippen LogP contribution in [0.3, 0.4) is 0 Å². The molecule has 0 amide bonds. The van der Waals surface area contributed by atoms with E-state index in [-0.39, 0.29) is 11.5 Å². The molecule has 0 aromatic carbocycles. The first-order valence-electron chi connectivity index (χ1n) is 7.11. The van der Waals surface area contributed by atoms with Crippen molar-refractivity contribution in [3.05, 3.63) is 0 Å². The summed E-state index contributed by atoms with van der Waals surface area (Å²) < 4.78 is 22.9. The molecule has 2 unspecified atom stereocenters. The lowest BCUT2D eigenvalue weighted by atomic mass is 9.79. The third-order valence-electron chi connectivity index (χ3n) is 4.35. The van der Waals surface area contributed by atoms with Crippen molar-refractivity contribution in [2.75, 3.05) is 31.1 Å². The predicted octanol–water partition coefficient (Wildman–Crippen LogP) is 0.531. The average Bonchev–Trinajstić information content (AvgIpc) is 2.39. The Hall–Kier alpha value is -0.640. The van der Waals surface area contributed by atoms with Gasteiger partial charge >= 0.3 is 0 Å². The number of hydrogen-bond acceptors (Lipinski definition) is 5. The normalized spacial score (nSPS) is 35.7. The number of nitrogens with zero attached hydrogens (tertiary/aromatic N) is 2. The second kappa shape index (κ2) is 5.78. The minimum absolute atomic E-state index is 0.268. The van der Waals surface area contributed by atoms with Gasteiger partial charge in [0, 0.05) is 19.1 Å². The second-order valence-electron chi connectivity index (χ2n) is 5.66. The first-order valence-corrected chi connectivity index (χ1v) is 8.93. The quantitative estimate of drug-likeness (QED) is 0.819. The fourth-order valence-corrected chi connectivity index (χ4v) is 4.52. The summed E-state index contributed by atoms with van der Waals surface area (Å²) in [6, 6.07) is 2.80. The van der Waals surface area contributed by atoms with E-state index in [0.717, 1.165) is 32.2 Å². The molecule has 2 fully saturated rings. The average molecular weight is 285 g/mol. The van der Waals surface area contributed by atoms with Crippen LogP contribution in [-0.4, -0.2) is 56.0 Å². The van der Waals surface area contributed by atoms with Crippen LogP contribution < -0.4 is 5.32 Å². The van der Waals surface area contributed by atoms with Crippen molar-refractivity contribution in [1.82, 2.24) is 10.2 Å². The SMILES string of the molecule is CCNC1(C#N)CCCC(N2CCS(=O)(=O)CC2)C1. The van der Waals surface area contributed by atoms with Gasteiger partial charge in [-0.3, -0.25) is 10.2 Å². The van der Waals surface area contributed by atoms with Gasteiger partial charge in [0.2, 0.25) is 0 Å². The molecule has 0 radical (unpaired) electrons. The van der Waals surface area contributed by atoms with E-state index in [1.165, 1.54) is 0 Å². The van der Waals surface area contributed by atoms with Gasteiger partial charge in [-0.1, -0.05) is 6.92 Å². The van der Waals surface area contributed by atoms with Gasteiger partial charge in [0.05, 0.1) is 17.6 Å². The van der Waals surface area contributed by atoms with Crippen LogP contribution in [-0.2, 0) is 9.84 Å². The smallest absolute Gasteiger partial charge is 0.152 e. The Kier molecular flexibility index (Phi) is 4.49. The number of nitriles is 1. The van der Waals surface area contributed by atoms with E-state index in [2.05, 4.69) is 16.3 Å². The van der Waals surface area contributed by atoms with Gasteiger partial charge in [-0.15, -0.1) is 0 Å². The van der Waals surface area contributed by atoms with Crippen LogP contribution in [0.4, 0.5) is 0 Å². The lowest BCUT2D eigenvalue weighted by Crippen LogP contribution is -2.55. The number of nitrogens with one attached hydrogen (secondary N) is 1. The summed E-state index contributed by atoms with van der Waals surface area (Å²) in [6.07, 6.45) is 3.83. The van der Waals surface area contributed by atoms with Crippen molar-refractivity contribution in [2.45, 2.75) is 44.2 Å². The van der Waals surface area contributed by atoms with Gasteiger partial charge in [0.25, 0.3) is 0 Å². The molecule has 6 heteroatoms. The molecule has 108 valence electrons. The first kappa shape index (κ1) is 14.8. The van der Waals surface area contributed by atoms with Crippen molar-refractivity contribution in [2.24, 2.45) is 0 Å². The van der Waals surface area contributed by atoms with Gasteiger partial charge in [-0.2, -0.15) is 5.26 Å². The highest BCUT2D eigenvalue weighted by Crippen LogP contribution is 2.31. The Balaban J connectivity index is 2.00. The maximum atomic E-state index is 11.5. The van der Waals surface area contributed by atoms with Gasteiger partial charge in [0.1, 0.15) is 5.54 Å². The van der Waals surface area contributed by atoms with E-state index in [1.54, 1.807) is 0 Å².